The van der Waals surface area contributed by atoms with E-state index in [1.54, 1.807) is 13.0 Å². The number of allylic oxidation sites excluding steroid dienone is 1. The van der Waals surface area contributed by atoms with Crippen LogP contribution in [-0.4, -0.2) is 17.8 Å². The SMILES string of the molecule is C=CCOc1ccc(-c2ccc(-c3ccc(/C=C/CCCC(C)F)cn3)cc2)cc1. The van der Waals surface area contributed by atoms with Crippen LogP contribution >= 0.6 is 0 Å². The number of hydrogen-bond donors (Lipinski definition) is 0. The van der Waals surface area contributed by atoms with Gasteiger partial charge in [0.1, 0.15) is 12.4 Å². The molecule has 2 aromatic carbocycles. The molecule has 0 saturated carbocycles. The number of benzene rings is 2. The molecule has 0 saturated heterocycles. The molecular formula is C27H28FNO. The van der Waals surface area contributed by atoms with Gasteiger partial charge >= 0.3 is 0 Å². The van der Waals surface area contributed by atoms with Crippen molar-refractivity contribution in [1.29, 1.82) is 0 Å². The molecule has 0 amide bonds. The molecule has 0 fully saturated rings. The van der Waals surface area contributed by atoms with Crippen molar-refractivity contribution in [3.05, 3.63) is 91.2 Å². The molecule has 0 aliphatic heterocycles. The van der Waals surface area contributed by atoms with Crippen molar-refractivity contribution in [2.75, 3.05) is 6.61 Å². The number of unbranched alkanes of at least 4 members (excludes halogenated alkanes) is 1. The summed E-state index contributed by atoms with van der Waals surface area (Å²) in [6.07, 6.45) is 9.40. The molecule has 0 spiro atoms. The van der Waals surface area contributed by atoms with E-state index in [-0.39, 0.29) is 0 Å². The Morgan fingerprint density at radius 3 is 2.23 bits per heavy atom. The Balaban J connectivity index is 1.60. The lowest BCUT2D eigenvalue weighted by Gasteiger charge is -2.07. The summed E-state index contributed by atoms with van der Waals surface area (Å²) in [6.45, 7) is 5.77. The summed E-state index contributed by atoms with van der Waals surface area (Å²) in [7, 11) is 0. The molecule has 0 radical (unpaired) electrons. The van der Waals surface area contributed by atoms with E-state index in [0.29, 0.717) is 13.0 Å². The molecule has 1 aromatic heterocycles. The van der Waals surface area contributed by atoms with Crippen molar-refractivity contribution in [3.63, 3.8) is 0 Å². The Morgan fingerprint density at radius 1 is 0.967 bits per heavy atom. The first kappa shape index (κ1) is 21.5. The third-order valence-corrected chi connectivity index (χ3v) is 4.81. The Labute approximate surface area is 178 Å². The first-order valence-corrected chi connectivity index (χ1v) is 10.4. The minimum absolute atomic E-state index is 0.508. The van der Waals surface area contributed by atoms with E-state index in [9.17, 15) is 4.39 Å². The molecule has 30 heavy (non-hydrogen) atoms. The molecule has 3 heteroatoms. The second kappa shape index (κ2) is 11.1. The van der Waals surface area contributed by atoms with Crippen LogP contribution in [0.4, 0.5) is 4.39 Å². The maximum atomic E-state index is 12.8. The zero-order valence-electron chi connectivity index (χ0n) is 17.4. The number of halogens is 1. The molecule has 0 aliphatic carbocycles. The van der Waals surface area contributed by atoms with Crippen LogP contribution < -0.4 is 4.74 Å². The second-order valence-corrected chi connectivity index (χ2v) is 7.29. The predicted octanol–water partition coefficient (Wildman–Crippen LogP) is 7.52. The number of rotatable bonds is 10. The maximum absolute atomic E-state index is 12.8. The van der Waals surface area contributed by atoms with E-state index in [1.807, 2.05) is 30.5 Å². The lowest BCUT2D eigenvalue weighted by molar-refractivity contribution is 0.335. The van der Waals surface area contributed by atoms with Crippen molar-refractivity contribution in [2.45, 2.75) is 32.4 Å². The van der Waals surface area contributed by atoms with Gasteiger partial charge in [0, 0.05) is 11.8 Å². The van der Waals surface area contributed by atoms with Crippen LogP contribution in [0, 0.1) is 0 Å². The minimum Gasteiger partial charge on any atom is -0.490 e. The number of nitrogens with zero attached hydrogens (tertiary/aromatic N) is 1. The molecule has 2 nitrogen and oxygen atoms in total. The summed E-state index contributed by atoms with van der Waals surface area (Å²) in [5.41, 5.74) is 5.37. The first-order valence-electron chi connectivity index (χ1n) is 10.4. The molecule has 0 aliphatic rings. The summed E-state index contributed by atoms with van der Waals surface area (Å²) >= 11 is 0. The fourth-order valence-electron chi connectivity index (χ4n) is 3.14. The lowest BCUT2D eigenvalue weighted by Crippen LogP contribution is -1.92. The molecule has 0 bridgehead atoms. The topological polar surface area (TPSA) is 22.1 Å². The molecule has 1 atom stereocenters. The third kappa shape index (κ3) is 6.41. The summed E-state index contributed by atoms with van der Waals surface area (Å²) in [5, 5.41) is 0. The Bertz CT molecular complexity index is 942. The highest BCUT2D eigenvalue weighted by molar-refractivity contribution is 5.69. The van der Waals surface area contributed by atoms with E-state index >= 15 is 0 Å². The van der Waals surface area contributed by atoms with E-state index < -0.39 is 6.17 Å². The molecule has 3 aromatic rings. The highest BCUT2D eigenvalue weighted by Gasteiger charge is 2.02. The quantitative estimate of drug-likeness (QED) is 0.259. The average Bonchev–Trinajstić information content (AvgIpc) is 2.78. The smallest absolute Gasteiger partial charge is 0.119 e. The molecular weight excluding hydrogens is 373 g/mol. The van der Waals surface area contributed by atoms with Crippen LogP contribution in [0.1, 0.15) is 31.7 Å². The van der Waals surface area contributed by atoms with Gasteiger partial charge in [0.2, 0.25) is 0 Å². The van der Waals surface area contributed by atoms with Crippen LogP contribution in [0.3, 0.4) is 0 Å². The molecule has 1 unspecified atom stereocenters. The number of aromatic nitrogens is 1. The highest BCUT2D eigenvalue weighted by Crippen LogP contribution is 2.26. The van der Waals surface area contributed by atoms with Gasteiger partial charge in [0.05, 0.1) is 11.9 Å². The van der Waals surface area contributed by atoms with Crippen LogP contribution in [0.15, 0.2) is 85.6 Å². The van der Waals surface area contributed by atoms with Gasteiger partial charge in [-0.2, -0.15) is 0 Å². The second-order valence-electron chi connectivity index (χ2n) is 7.29. The summed E-state index contributed by atoms with van der Waals surface area (Å²) in [5.74, 6) is 0.839. The standard InChI is InChI=1S/C27H28FNO/c1-3-19-30-26-16-14-24(15-17-26)23-10-12-25(13-11-23)27-18-9-22(20-29-27)8-6-4-5-7-21(2)28/h3,6,8-18,20-21H,1,4-5,7,19H2,2H3/b8-6+. The van der Waals surface area contributed by atoms with Crippen LogP contribution in [0.5, 0.6) is 5.75 Å². The number of hydrogen-bond acceptors (Lipinski definition) is 2. The fraction of sp³-hybridized carbons (Fsp3) is 0.222. The van der Waals surface area contributed by atoms with E-state index in [2.05, 4.69) is 60.1 Å². The Hall–Kier alpha value is -3.20. The van der Waals surface area contributed by atoms with Gasteiger partial charge in [0.25, 0.3) is 0 Å². The van der Waals surface area contributed by atoms with Crippen molar-refractivity contribution in [3.8, 4) is 28.1 Å². The Kier molecular flexibility index (Phi) is 7.96. The third-order valence-electron chi connectivity index (χ3n) is 4.81. The molecule has 154 valence electrons. The predicted molar refractivity (Wildman–Crippen MR) is 124 cm³/mol. The average molecular weight is 402 g/mol. The van der Waals surface area contributed by atoms with Gasteiger partial charge in [-0.1, -0.05) is 67.3 Å². The first-order chi connectivity index (χ1) is 14.7. The van der Waals surface area contributed by atoms with Crippen LogP contribution in [0.2, 0.25) is 0 Å². The highest BCUT2D eigenvalue weighted by atomic mass is 19.1. The van der Waals surface area contributed by atoms with E-state index in [1.165, 1.54) is 0 Å². The molecule has 0 N–H and O–H groups in total. The van der Waals surface area contributed by atoms with Gasteiger partial charge < -0.3 is 4.74 Å². The van der Waals surface area contributed by atoms with E-state index in [0.717, 1.165) is 46.5 Å². The van der Waals surface area contributed by atoms with Gasteiger partial charge in [-0.05, 0) is 61.1 Å². The summed E-state index contributed by atoms with van der Waals surface area (Å²) in [4.78, 5) is 4.58. The van der Waals surface area contributed by atoms with Crippen LogP contribution in [-0.2, 0) is 0 Å². The largest absolute Gasteiger partial charge is 0.490 e. The van der Waals surface area contributed by atoms with Gasteiger partial charge in [-0.3, -0.25) is 4.98 Å². The number of alkyl halides is 1. The lowest BCUT2D eigenvalue weighted by atomic mass is 10.0. The minimum atomic E-state index is -0.721. The molecule has 1 heterocycles. The van der Waals surface area contributed by atoms with Crippen LogP contribution in [0.25, 0.3) is 28.5 Å². The summed E-state index contributed by atoms with van der Waals surface area (Å²) in [6, 6.07) is 20.5. The maximum Gasteiger partial charge on any atom is 0.119 e. The Morgan fingerprint density at radius 2 is 1.63 bits per heavy atom. The fourth-order valence-corrected chi connectivity index (χ4v) is 3.14. The van der Waals surface area contributed by atoms with Crippen molar-refractivity contribution < 1.29 is 9.13 Å². The van der Waals surface area contributed by atoms with E-state index in [4.69, 9.17) is 4.74 Å². The zero-order chi connectivity index (χ0) is 21.2. The van der Waals surface area contributed by atoms with Crippen molar-refractivity contribution in [2.24, 2.45) is 0 Å². The van der Waals surface area contributed by atoms with Crippen molar-refractivity contribution in [1.82, 2.24) is 4.98 Å². The van der Waals surface area contributed by atoms with Crippen molar-refractivity contribution >= 4 is 6.08 Å². The van der Waals surface area contributed by atoms with Gasteiger partial charge in [0.15, 0.2) is 0 Å². The molecule has 3 rings (SSSR count). The normalized spacial score (nSPS) is 12.1. The van der Waals surface area contributed by atoms with Gasteiger partial charge in [-0.15, -0.1) is 0 Å². The zero-order valence-corrected chi connectivity index (χ0v) is 17.4. The monoisotopic (exact) mass is 401 g/mol. The number of ether oxygens (including phenoxy) is 1. The van der Waals surface area contributed by atoms with Gasteiger partial charge in [-0.25, -0.2) is 4.39 Å². The summed E-state index contributed by atoms with van der Waals surface area (Å²) < 4.78 is 18.3. The number of pyridine rings is 1.